The molecular formula is C38H42O4SiTi. The fourth-order valence-corrected chi connectivity index (χ4v) is 8.27. The van der Waals surface area contributed by atoms with Gasteiger partial charge in [-0.2, -0.15) is 0 Å². The minimum atomic E-state index is -1.91. The molecule has 0 bridgehead atoms. The fourth-order valence-electron chi connectivity index (χ4n) is 5.19. The molecule has 0 amide bonds. The number of carboxylic acids is 2. The van der Waals surface area contributed by atoms with E-state index in [1.54, 1.807) is 41.5 Å². The van der Waals surface area contributed by atoms with E-state index in [1.165, 1.54) is 53.5 Å². The maximum Gasteiger partial charge on any atom is 2.00 e. The van der Waals surface area contributed by atoms with Crippen molar-refractivity contribution in [2.45, 2.75) is 54.6 Å². The first-order valence-corrected chi connectivity index (χ1v) is 17.7. The van der Waals surface area contributed by atoms with Gasteiger partial charge in [0.25, 0.3) is 0 Å². The molecule has 0 aromatic heterocycles. The van der Waals surface area contributed by atoms with E-state index in [0.29, 0.717) is 0 Å². The maximum atomic E-state index is 10.0. The van der Waals surface area contributed by atoms with Gasteiger partial charge in [-0.05, 0) is 41.5 Å². The van der Waals surface area contributed by atoms with Crippen molar-refractivity contribution in [2.24, 2.45) is 10.8 Å². The Balaban J connectivity index is 0.000000298. The Bertz CT molecular complexity index is 1790. The summed E-state index contributed by atoms with van der Waals surface area (Å²) in [6, 6.07) is 36.1. The Labute approximate surface area is 276 Å². The van der Waals surface area contributed by atoms with Crippen molar-refractivity contribution in [3.05, 3.63) is 97.1 Å². The van der Waals surface area contributed by atoms with Crippen LogP contribution in [-0.2, 0) is 31.3 Å². The van der Waals surface area contributed by atoms with Crippen molar-refractivity contribution in [3.8, 4) is 0 Å². The van der Waals surface area contributed by atoms with Crippen LogP contribution in [0.1, 0.15) is 41.5 Å². The number of carboxylic acid groups (broad SMARTS) is 2. The van der Waals surface area contributed by atoms with Gasteiger partial charge in [0.2, 0.25) is 0 Å². The van der Waals surface area contributed by atoms with Crippen LogP contribution in [0, 0.1) is 10.8 Å². The van der Waals surface area contributed by atoms with Gasteiger partial charge in [0, 0.05) is 8.07 Å². The first-order chi connectivity index (χ1) is 20.0. The van der Waals surface area contributed by atoms with Crippen molar-refractivity contribution in [3.63, 3.8) is 0 Å². The second-order valence-corrected chi connectivity index (χ2v) is 18.1. The van der Waals surface area contributed by atoms with Gasteiger partial charge in [-0.1, -0.05) is 85.9 Å². The minimum Gasteiger partial charge on any atom is -0.481 e. The first kappa shape index (κ1) is 35.0. The standard InChI is InChI=1S/C28H22Si.2C5H10O2.Ti/c1-29(2,27-15-7-13-23-21-11-5-3-9-19(21)17-25(23)27)28-16-8-14-24-22-12-6-4-10-20(22)18-26(24)28;2*1-5(2,3)4(6)7;/h3-18H,1-2H3;2*1-3H3,(H,6,7);/q-2;;;+2. The van der Waals surface area contributed by atoms with Gasteiger partial charge in [0.1, 0.15) is 0 Å². The molecule has 0 spiro atoms. The summed E-state index contributed by atoms with van der Waals surface area (Å²) in [6.07, 6.45) is 0. The minimum absolute atomic E-state index is 0. The topological polar surface area (TPSA) is 74.6 Å². The van der Waals surface area contributed by atoms with Gasteiger partial charge < -0.3 is 10.2 Å². The van der Waals surface area contributed by atoms with Crippen molar-refractivity contribution in [1.29, 1.82) is 0 Å². The van der Waals surface area contributed by atoms with Gasteiger partial charge in [-0.25, -0.2) is 0 Å². The van der Waals surface area contributed by atoms with Crippen LogP contribution in [-0.4, -0.2) is 30.2 Å². The van der Waals surface area contributed by atoms with Crippen molar-refractivity contribution >= 4 is 73.5 Å². The summed E-state index contributed by atoms with van der Waals surface area (Å²) in [7, 11) is -1.91. The third-order valence-electron chi connectivity index (χ3n) is 7.94. The molecule has 0 atom stereocenters. The fraction of sp³-hybridized carbons (Fsp3) is 0.263. The molecule has 6 heteroatoms. The molecular weight excluding hydrogens is 596 g/mol. The predicted molar refractivity (Wildman–Crippen MR) is 185 cm³/mol. The van der Waals surface area contributed by atoms with Crippen LogP contribution in [0.5, 0.6) is 0 Å². The van der Waals surface area contributed by atoms with Crippen LogP contribution in [0.3, 0.4) is 0 Å². The second kappa shape index (κ2) is 13.2. The third kappa shape index (κ3) is 7.23. The van der Waals surface area contributed by atoms with Gasteiger partial charge in [-0.3, -0.25) is 9.59 Å². The van der Waals surface area contributed by atoms with E-state index in [4.69, 9.17) is 10.2 Å². The maximum absolute atomic E-state index is 10.0. The number of aliphatic carboxylic acids is 2. The zero-order chi connectivity index (χ0) is 31.7. The van der Waals surface area contributed by atoms with Crippen LogP contribution >= 0.6 is 0 Å². The van der Waals surface area contributed by atoms with Gasteiger partial charge in [-0.15, -0.1) is 77.7 Å². The van der Waals surface area contributed by atoms with Gasteiger partial charge in [0.05, 0.1) is 10.8 Å². The van der Waals surface area contributed by atoms with Gasteiger partial charge in [0.15, 0.2) is 0 Å². The Morgan fingerprint density at radius 2 is 0.841 bits per heavy atom. The molecule has 0 heterocycles. The van der Waals surface area contributed by atoms with E-state index in [1.807, 2.05) is 0 Å². The van der Waals surface area contributed by atoms with Crippen molar-refractivity contribution in [1.82, 2.24) is 0 Å². The quantitative estimate of drug-likeness (QED) is 0.147. The first-order valence-electron chi connectivity index (χ1n) is 14.7. The van der Waals surface area contributed by atoms with Crippen molar-refractivity contribution < 1.29 is 41.5 Å². The average Bonchev–Trinajstić information content (AvgIpc) is 3.51. The molecule has 0 aliphatic carbocycles. The molecule has 6 aromatic rings. The number of hydrogen-bond acceptors (Lipinski definition) is 2. The van der Waals surface area contributed by atoms with Crippen LogP contribution in [0.4, 0.5) is 0 Å². The van der Waals surface area contributed by atoms with E-state index < -0.39 is 30.8 Å². The summed E-state index contributed by atoms with van der Waals surface area (Å²) in [6.45, 7) is 15.0. The molecule has 44 heavy (non-hydrogen) atoms. The summed E-state index contributed by atoms with van der Waals surface area (Å²) < 4.78 is 0. The molecule has 0 radical (unpaired) electrons. The zero-order valence-corrected chi connectivity index (χ0v) is 29.5. The molecule has 0 unspecified atom stereocenters. The van der Waals surface area contributed by atoms with Crippen LogP contribution < -0.4 is 10.4 Å². The van der Waals surface area contributed by atoms with E-state index in [0.717, 1.165) is 0 Å². The molecule has 0 saturated heterocycles. The monoisotopic (exact) mass is 638 g/mol. The molecule has 0 fully saturated rings. The summed E-state index contributed by atoms with van der Waals surface area (Å²) >= 11 is 0. The molecule has 6 rings (SSSR count). The van der Waals surface area contributed by atoms with E-state index in [9.17, 15) is 9.59 Å². The molecule has 226 valence electrons. The van der Waals surface area contributed by atoms with E-state index in [-0.39, 0.29) is 21.7 Å². The summed E-state index contributed by atoms with van der Waals surface area (Å²) in [5, 5.41) is 30.6. The number of fused-ring (bicyclic) bond motifs is 6. The molecule has 2 N–H and O–H groups in total. The SMILES string of the molecule is CC(C)(C)C(=O)O.CC(C)(C)C(=O)O.C[Si](C)(c1cccc2c1[cH-]c1ccccc12)c1cccc2c1[cH-]c1ccccc12.[Ti+2]. The molecule has 0 aliphatic heterocycles. The molecule has 4 nitrogen and oxygen atoms in total. The number of rotatable bonds is 2. The Morgan fingerprint density at radius 1 is 0.545 bits per heavy atom. The third-order valence-corrected chi connectivity index (χ3v) is 11.5. The van der Waals surface area contributed by atoms with Crippen LogP contribution in [0.2, 0.25) is 13.1 Å². The number of hydrogen-bond donors (Lipinski definition) is 2. The number of benzene rings is 4. The Morgan fingerprint density at radius 3 is 1.16 bits per heavy atom. The summed E-state index contributed by atoms with van der Waals surface area (Å²) in [5.74, 6) is -1.51. The van der Waals surface area contributed by atoms with Crippen LogP contribution in [0.25, 0.3) is 43.1 Å². The van der Waals surface area contributed by atoms with Crippen LogP contribution in [0.15, 0.2) is 97.1 Å². The Hall–Kier alpha value is -3.51. The smallest absolute Gasteiger partial charge is 0.481 e. The average molecular weight is 639 g/mol. The Kier molecular flexibility index (Phi) is 10.5. The number of carbonyl (C=O) groups is 2. The predicted octanol–water partition coefficient (Wildman–Crippen LogP) is 8.79. The normalized spacial score (nSPS) is 11.8. The second-order valence-electron chi connectivity index (χ2n) is 13.7. The summed E-state index contributed by atoms with van der Waals surface area (Å²) in [5.41, 5.74) is -1.17. The largest absolute Gasteiger partial charge is 2.00 e. The summed E-state index contributed by atoms with van der Waals surface area (Å²) in [4.78, 5) is 20.0. The van der Waals surface area contributed by atoms with Gasteiger partial charge >= 0.3 is 33.7 Å². The molecule has 0 saturated carbocycles. The zero-order valence-electron chi connectivity index (χ0n) is 26.9. The molecule has 0 aliphatic rings. The molecule has 6 aromatic carbocycles. The van der Waals surface area contributed by atoms with E-state index >= 15 is 0 Å². The van der Waals surface area contributed by atoms with E-state index in [2.05, 4.69) is 110 Å². The van der Waals surface area contributed by atoms with Crippen molar-refractivity contribution in [2.75, 3.05) is 0 Å².